The smallest absolute Gasteiger partial charge is 0.170 e. The number of hydrogen-bond acceptors (Lipinski definition) is 7. The first-order chi connectivity index (χ1) is 12.3. The van der Waals surface area contributed by atoms with Gasteiger partial charge in [0.2, 0.25) is 0 Å². The molecular formula is C15H13Br3FN7. The van der Waals surface area contributed by atoms with Crippen LogP contribution in [-0.2, 0) is 6.54 Å². The highest BCUT2D eigenvalue weighted by atomic mass is 79.9. The van der Waals surface area contributed by atoms with Crippen molar-refractivity contribution in [2.45, 2.75) is 6.54 Å². The van der Waals surface area contributed by atoms with Gasteiger partial charge in [-0.05, 0) is 65.5 Å². The van der Waals surface area contributed by atoms with Crippen molar-refractivity contribution in [3.05, 3.63) is 61.8 Å². The summed E-state index contributed by atoms with van der Waals surface area (Å²) in [5.41, 5.74) is 11.8. The van der Waals surface area contributed by atoms with Crippen LogP contribution in [0.5, 0.6) is 0 Å². The Morgan fingerprint density at radius 1 is 0.962 bits per heavy atom. The summed E-state index contributed by atoms with van der Waals surface area (Å²) in [5.74, 6) is 0.920. The Kier molecular flexibility index (Phi) is 7.66. The largest absolute Gasteiger partial charge is 0.381 e. The van der Waals surface area contributed by atoms with Crippen molar-refractivity contribution < 1.29 is 4.39 Å². The maximum absolute atomic E-state index is 12.9. The predicted octanol–water partition coefficient (Wildman–Crippen LogP) is 4.16. The molecule has 7 nitrogen and oxygen atoms in total. The van der Waals surface area contributed by atoms with Crippen LogP contribution < -0.4 is 16.8 Å². The van der Waals surface area contributed by atoms with Crippen LogP contribution in [0.3, 0.4) is 0 Å². The fourth-order valence-electron chi connectivity index (χ4n) is 1.70. The van der Waals surface area contributed by atoms with Gasteiger partial charge in [-0.1, -0.05) is 12.1 Å². The van der Waals surface area contributed by atoms with Crippen LogP contribution in [0.1, 0.15) is 5.56 Å². The average molecular weight is 550 g/mol. The first-order valence-corrected chi connectivity index (χ1v) is 9.43. The minimum atomic E-state index is -0.266. The molecule has 2 aromatic heterocycles. The highest BCUT2D eigenvalue weighted by molar-refractivity contribution is 9.11. The Balaban J connectivity index is 0.000000228. The van der Waals surface area contributed by atoms with E-state index in [1.165, 1.54) is 18.3 Å². The summed E-state index contributed by atoms with van der Waals surface area (Å²) in [6.45, 7) is 0.438. The molecule has 0 atom stereocenters. The molecular weight excluding hydrogens is 537 g/mol. The molecule has 3 rings (SSSR count). The molecule has 0 radical (unpaired) electrons. The van der Waals surface area contributed by atoms with Crippen LogP contribution in [0.15, 0.2) is 50.5 Å². The van der Waals surface area contributed by atoms with Gasteiger partial charge >= 0.3 is 0 Å². The third-order valence-electron chi connectivity index (χ3n) is 2.85. The summed E-state index contributed by atoms with van der Waals surface area (Å²) in [6.07, 6.45) is 3.06. The van der Waals surface area contributed by atoms with Gasteiger partial charge in [-0.3, -0.25) is 0 Å². The maximum Gasteiger partial charge on any atom is 0.170 e. The highest BCUT2D eigenvalue weighted by Crippen LogP contribution is 2.17. The third-order valence-corrected chi connectivity index (χ3v) is 4.19. The number of anilines is 3. The van der Waals surface area contributed by atoms with E-state index in [1.54, 1.807) is 12.3 Å². The molecule has 136 valence electrons. The third kappa shape index (κ3) is 6.46. The van der Waals surface area contributed by atoms with Crippen LogP contribution in [0.4, 0.5) is 21.8 Å². The van der Waals surface area contributed by atoms with Gasteiger partial charge in [0.05, 0.1) is 12.4 Å². The molecule has 0 unspecified atom stereocenters. The van der Waals surface area contributed by atoms with Crippen molar-refractivity contribution >= 4 is 65.2 Å². The van der Waals surface area contributed by atoms with Crippen molar-refractivity contribution in [1.29, 1.82) is 0 Å². The molecule has 0 amide bonds. The number of aromatic nitrogens is 4. The van der Waals surface area contributed by atoms with Crippen molar-refractivity contribution in [3.63, 3.8) is 0 Å². The topological polar surface area (TPSA) is 116 Å². The number of rotatable bonds is 3. The van der Waals surface area contributed by atoms with Crippen LogP contribution in [0.2, 0.25) is 0 Å². The van der Waals surface area contributed by atoms with Gasteiger partial charge in [-0.2, -0.15) is 0 Å². The maximum atomic E-state index is 12.9. The lowest BCUT2D eigenvalue weighted by atomic mass is 10.2. The van der Waals surface area contributed by atoms with Gasteiger partial charge in [-0.15, -0.1) is 0 Å². The lowest BCUT2D eigenvalue weighted by Crippen LogP contribution is -2.06. The number of nitrogens with zero attached hydrogens (tertiary/aromatic N) is 4. The molecule has 2 heterocycles. The van der Waals surface area contributed by atoms with Gasteiger partial charge in [0.15, 0.2) is 17.5 Å². The standard InChI is InChI=1S/C11H10BrFN4.C4H3Br2N3/c12-9-6-15-10(14)11(17-9)16-5-7-2-1-3-8(13)4-7;5-2-1-8-4(7)3(6)9-2/h1-4,6H,5H2,(H2,14,15)(H,16,17);1H,(H2,7,8). The minimum Gasteiger partial charge on any atom is -0.381 e. The zero-order valence-corrected chi connectivity index (χ0v) is 17.9. The number of benzene rings is 1. The molecule has 26 heavy (non-hydrogen) atoms. The van der Waals surface area contributed by atoms with Crippen molar-refractivity contribution in [1.82, 2.24) is 19.9 Å². The molecule has 0 aliphatic heterocycles. The number of nitrogen functional groups attached to an aromatic ring is 2. The lowest BCUT2D eigenvalue weighted by molar-refractivity contribution is 0.626. The lowest BCUT2D eigenvalue weighted by Gasteiger charge is -2.07. The summed E-state index contributed by atoms with van der Waals surface area (Å²) in [4.78, 5) is 15.8. The number of hydrogen-bond donors (Lipinski definition) is 3. The molecule has 0 aliphatic rings. The molecule has 11 heteroatoms. The number of nitrogens with one attached hydrogen (secondary N) is 1. The molecule has 0 bridgehead atoms. The first-order valence-electron chi connectivity index (χ1n) is 7.05. The Hall–Kier alpha value is -1.85. The Bertz CT molecular complexity index is 895. The van der Waals surface area contributed by atoms with Gasteiger partial charge in [0.25, 0.3) is 0 Å². The fraction of sp³-hybridized carbons (Fsp3) is 0.0667. The molecule has 5 N–H and O–H groups in total. The first kappa shape index (κ1) is 20.5. The van der Waals surface area contributed by atoms with Gasteiger partial charge in [-0.25, -0.2) is 24.3 Å². The van der Waals surface area contributed by atoms with E-state index in [0.29, 0.717) is 37.8 Å². The summed E-state index contributed by atoms with van der Waals surface area (Å²) in [5, 5.41) is 3.00. The summed E-state index contributed by atoms with van der Waals surface area (Å²) in [6, 6.07) is 6.32. The second-order valence-electron chi connectivity index (χ2n) is 4.78. The molecule has 0 saturated heterocycles. The normalized spacial score (nSPS) is 10.0. The van der Waals surface area contributed by atoms with E-state index in [9.17, 15) is 4.39 Å². The van der Waals surface area contributed by atoms with E-state index < -0.39 is 0 Å². The monoisotopic (exact) mass is 547 g/mol. The molecule has 3 aromatic rings. The van der Waals surface area contributed by atoms with Crippen LogP contribution in [0, 0.1) is 5.82 Å². The van der Waals surface area contributed by atoms with Gasteiger partial charge in [0.1, 0.15) is 19.6 Å². The van der Waals surface area contributed by atoms with Crippen LogP contribution >= 0.6 is 47.8 Å². The second kappa shape index (κ2) is 9.74. The highest BCUT2D eigenvalue weighted by Gasteiger charge is 2.03. The van der Waals surface area contributed by atoms with E-state index in [-0.39, 0.29) is 5.82 Å². The fourth-order valence-corrected chi connectivity index (χ4v) is 2.79. The van der Waals surface area contributed by atoms with Crippen molar-refractivity contribution in [2.75, 3.05) is 16.8 Å². The summed E-state index contributed by atoms with van der Waals surface area (Å²) < 4.78 is 14.8. The Labute approximate surface area is 174 Å². The molecule has 0 aliphatic carbocycles. The van der Waals surface area contributed by atoms with E-state index >= 15 is 0 Å². The SMILES string of the molecule is Nc1ncc(Br)nc1Br.Nc1ncc(Br)nc1NCc1cccc(F)c1. The van der Waals surface area contributed by atoms with E-state index in [1.807, 2.05) is 6.07 Å². The van der Waals surface area contributed by atoms with Gasteiger partial charge in [0, 0.05) is 6.54 Å². The van der Waals surface area contributed by atoms with Crippen LogP contribution in [-0.4, -0.2) is 19.9 Å². The van der Waals surface area contributed by atoms with E-state index in [0.717, 1.165) is 5.56 Å². The molecule has 0 spiro atoms. The molecule has 0 fully saturated rings. The summed E-state index contributed by atoms with van der Waals surface area (Å²) in [7, 11) is 0. The van der Waals surface area contributed by atoms with Crippen molar-refractivity contribution in [2.24, 2.45) is 0 Å². The number of nitrogens with two attached hydrogens (primary N) is 2. The number of halogens is 4. The Morgan fingerprint density at radius 3 is 2.23 bits per heavy atom. The minimum absolute atomic E-state index is 0.266. The zero-order chi connectivity index (χ0) is 19.1. The van der Waals surface area contributed by atoms with E-state index in [2.05, 4.69) is 73.0 Å². The van der Waals surface area contributed by atoms with Gasteiger partial charge < -0.3 is 16.8 Å². The Morgan fingerprint density at radius 2 is 1.62 bits per heavy atom. The predicted molar refractivity (Wildman–Crippen MR) is 110 cm³/mol. The summed E-state index contributed by atoms with van der Waals surface area (Å²) >= 11 is 9.46. The molecule has 1 aromatic carbocycles. The zero-order valence-electron chi connectivity index (χ0n) is 13.1. The second-order valence-corrected chi connectivity index (χ2v) is 7.15. The van der Waals surface area contributed by atoms with E-state index in [4.69, 9.17) is 11.5 Å². The average Bonchev–Trinajstić information content (AvgIpc) is 2.60. The van der Waals surface area contributed by atoms with Crippen molar-refractivity contribution in [3.8, 4) is 0 Å². The quantitative estimate of drug-likeness (QED) is 0.449. The molecule has 0 saturated carbocycles. The van der Waals surface area contributed by atoms with Crippen LogP contribution in [0.25, 0.3) is 0 Å².